The van der Waals surface area contributed by atoms with Crippen molar-refractivity contribution in [2.75, 3.05) is 23.9 Å². The van der Waals surface area contributed by atoms with Crippen molar-refractivity contribution in [2.24, 2.45) is 0 Å². The molecule has 6 nitrogen and oxygen atoms in total. The fourth-order valence-electron chi connectivity index (χ4n) is 2.93. The Morgan fingerprint density at radius 2 is 1.89 bits per heavy atom. The van der Waals surface area contributed by atoms with E-state index < -0.39 is 23.8 Å². The fourth-order valence-corrected chi connectivity index (χ4v) is 2.93. The van der Waals surface area contributed by atoms with E-state index in [9.17, 15) is 22.8 Å². The van der Waals surface area contributed by atoms with Crippen LogP contribution in [0.2, 0.25) is 0 Å². The first-order valence-electron chi connectivity index (χ1n) is 8.45. The van der Waals surface area contributed by atoms with E-state index in [2.05, 4.69) is 10.6 Å². The van der Waals surface area contributed by atoms with Gasteiger partial charge >= 0.3 is 12.2 Å². The summed E-state index contributed by atoms with van der Waals surface area (Å²) in [7, 11) is 1.53. The van der Waals surface area contributed by atoms with Crippen LogP contribution in [0.3, 0.4) is 0 Å². The second kappa shape index (κ2) is 7.79. The van der Waals surface area contributed by atoms with Crippen molar-refractivity contribution < 1.29 is 27.5 Å². The van der Waals surface area contributed by atoms with Crippen molar-refractivity contribution in [1.82, 2.24) is 5.32 Å². The highest BCUT2D eigenvalue weighted by Gasteiger charge is 2.32. The van der Waals surface area contributed by atoms with Crippen LogP contribution in [0.25, 0.3) is 0 Å². The lowest BCUT2D eigenvalue weighted by atomic mass is 10.2. The average molecular weight is 393 g/mol. The number of carbonyl (C=O) groups excluding carboxylic acids is 2. The quantitative estimate of drug-likeness (QED) is 0.833. The molecule has 2 aromatic carbocycles. The number of nitrogens with zero attached hydrogens (tertiary/aromatic N) is 1. The zero-order chi connectivity index (χ0) is 20.3. The van der Waals surface area contributed by atoms with Gasteiger partial charge < -0.3 is 20.3 Å². The maximum Gasteiger partial charge on any atom is 0.416 e. The molecule has 1 aliphatic rings. The van der Waals surface area contributed by atoms with Crippen molar-refractivity contribution in [3.63, 3.8) is 0 Å². The number of benzene rings is 2. The third kappa shape index (κ3) is 4.54. The van der Waals surface area contributed by atoms with Gasteiger partial charge in [0.15, 0.2) is 0 Å². The van der Waals surface area contributed by atoms with Crippen LogP contribution in [0.5, 0.6) is 5.75 Å². The minimum absolute atomic E-state index is 0.123. The molecule has 9 heteroatoms. The summed E-state index contributed by atoms with van der Waals surface area (Å²) in [4.78, 5) is 25.9. The predicted molar refractivity (Wildman–Crippen MR) is 97.4 cm³/mol. The largest absolute Gasteiger partial charge is 0.497 e. The van der Waals surface area contributed by atoms with Gasteiger partial charge in [0.2, 0.25) is 5.91 Å². The predicted octanol–water partition coefficient (Wildman–Crippen LogP) is 3.64. The van der Waals surface area contributed by atoms with Crippen LogP contribution in [0.1, 0.15) is 12.0 Å². The second-order valence-corrected chi connectivity index (χ2v) is 6.28. The highest BCUT2D eigenvalue weighted by molar-refractivity contribution is 5.97. The summed E-state index contributed by atoms with van der Waals surface area (Å²) >= 11 is 0. The molecule has 1 fully saturated rings. The normalized spacial score (nSPS) is 16.8. The number of hydrogen-bond acceptors (Lipinski definition) is 3. The minimum Gasteiger partial charge on any atom is -0.497 e. The standard InChI is InChI=1S/C19H18F3N3O3/c1-28-16-4-2-3-15(10-16)25-11-14(9-17(25)26)24-18(27)23-13-7-5-12(6-8-13)19(20,21)22/h2-8,10,14H,9,11H2,1H3,(H2,23,24,27)/t14-/m1/s1. The molecule has 2 N–H and O–H groups in total. The summed E-state index contributed by atoms with van der Waals surface area (Å²) in [6.07, 6.45) is -4.31. The number of halogens is 3. The smallest absolute Gasteiger partial charge is 0.416 e. The highest BCUT2D eigenvalue weighted by Crippen LogP contribution is 2.30. The molecule has 0 unspecified atom stereocenters. The van der Waals surface area contributed by atoms with Gasteiger partial charge in [0.05, 0.1) is 18.7 Å². The Labute approximate surface area is 159 Å². The Morgan fingerprint density at radius 1 is 1.18 bits per heavy atom. The number of methoxy groups -OCH3 is 1. The Balaban J connectivity index is 1.58. The molecule has 1 aliphatic heterocycles. The molecule has 1 heterocycles. The van der Waals surface area contributed by atoms with E-state index in [1.165, 1.54) is 19.2 Å². The molecule has 1 atom stereocenters. The summed E-state index contributed by atoms with van der Waals surface area (Å²) in [5, 5.41) is 5.13. The third-order valence-electron chi connectivity index (χ3n) is 4.30. The summed E-state index contributed by atoms with van der Waals surface area (Å²) in [5.41, 5.74) is 0.0880. The topological polar surface area (TPSA) is 70.7 Å². The number of anilines is 2. The number of carbonyl (C=O) groups is 2. The maximum atomic E-state index is 12.6. The molecule has 2 aromatic rings. The van der Waals surface area contributed by atoms with Gasteiger partial charge in [-0.05, 0) is 36.4 Å². The van der Waals surface area contributed by atoms with Gasteiger partial charge in [0.1, 0.15) is 5.75 Å². The zero-order valence-corrected chi connectivity index (χ0v) is 14.9. The van der Waals surface area contributed by atoms with E-state index in [0.29, 0.717) is 11.4 Å². The summed E-state index contributed by atoms with van der Waals surface area (Å²) in [5.74, 6) is 0.467. The van der Waals surface area contributed by atoms with E-state index in [1.54, 1.807) is 29.2 Å². The molecule has 3 rings (SSSR count). The van der Waals surface area contributed by atoms with Crippen LogP contribution < -0.4 is 20.3 Å². The van der Waals surface area contributed by atoms with Crippen LogP contribution in [-0.2, 0) is 11.0 Å². The van der Waals surface area contributed by atoms with Crippen LogP contribution >= 0.6 is 0 Å². The van der Waals surface area contributed by atoms with E-state index in [0.717, 1.165) is 12.1 Å². The van der Waals surface area contributed by atoms with Crippen molar-refractivity contribution in [1.29, 1.82) is 0 Å². The average Bonchev–Trinajstić information content (AvgIpc) is 3.01. The van der Waals surface area contributed by atoms with Crippen LogP contribution in [-0.4, -0.2) is 31.6 Å². The number of ether oxygens (including phenoxy) is 1. The number of alkyl halides is 3. The molecule has 28 heavy (non-hydrogen) atoms. The molecule has 0 bridgehead atoms. The number of nitrogens with one attached hydrogen (secondary N) is 2. The first-order valence-corrected chi connectivity index (χ1v) is 8.45. The van der Waals surface area contributed by atoms with Gasteiger partial charge in [-0.25, -0.2) is 4.79 Å². The summed E-state index contributed by atoms with van der Waals surface area (Å²) < 4.78 is 42.9. The van der Waals surface area contributed by atoms with Gasteiger partial charge in [-0.2, -0.15) is 13.2 Å². The van der Waals surface area contributed by atoms with Crippen molar-refractivity contribution >= 4 is 23.3 Å². The Morgan fingerprint density at radius 3 is 2.54 bits per heavy atom. The van der Waals surface area contributed by atoms with E-state index >= 15 is 0 Å². The third-order valence-corrected chi connectivity index (χ3v) is 4.30. The van der Waals surface area contributed by atoms with Crippen molar-refractivity contribution in [3.8, 4) is 5.75 Å². The van der Waals surface area contributed by atoms with Crippen molar-refractivity contribution in [3.05, 3.63) is 54.1 Å². The van der Waals surface area contributed by atoms with Crippen LogP contribution in [0, 0.1) is 0 Å². The van der Waals surface area contributed by atoms with Gasteiger partial charge in [0.25, 0.3) is 0 Å². The molecule has 0 aromatic heterocycles. The van der Waals surface area contributed by atoms with E-state index in [4.69, 9.17) is 4.74 Å². The lowest BCUT2D eigenvalue weighted by Crippen LogP contribution is -2.39. The molecule has 0 aliphatic carbocycles. The van der Waals surface area contributed by atoms with E-state index in [-0.39, 0.29) is 24.6 Å². The summed E-state index contributed by atoms with van der Waals surface area (Å²) in [6, 6.07) is 10.1. The molecule has 1 saturated heterocycles. The van der Waals surface area contributed by atoms with Gasteiger partial charge in [-0.1, -0.05) is 6.07 Å². The maximum absolute atomic E-state index is 12.6. The highest BCUT2D eigenvalue weighted by atomic mass is 19.4. The lowest BCUT2D eigenvalue weighted by molar-refractivity contribution is -0.137. The molecule has 0 saturated carbocycles. The number of amides is 3. The SMILES string of the molecule is COc1cccc(N2C[C@H](NC(=O)Nc3ccc(C(F)(F)F)cc3)CC2=O)c1. The van der Waals surface area contributed by atoms with Gasteiger partial charge in [0, 0.05) is 30.4 Å². The number of urea groups is 1. The number of hydrogen-bond donors (Lipinski definition) is 2. The molecule has 3 amide bonds. The molecular formula is C19H18F3N3O3. The second-order valence-electron chi connectivity index (χ2n) is 6.28. The first-order chi connectivity index (χ1) is 13.3. The Bertz CT molecular complexity index is 869. The van der Waals surface area contributed by atoms with Gasteiger partial charge in [-0.3, -0.25) is 4.79 Å². The minimum atomic E-state index is -4.44. The Hall–Kier alpha value is -3.23. The fraction of sp³-hybridized carbons (Fsp3) is 0.263. The molecule has 0 spiro atoms. The first kappa shape index (κ1) is 19.5. The van der Waals surface area contributed by atoms with Gasteiger partial charge in [-0.15, -0.1) is 0 Å². The number of rotatable bonds is 4. The monoisotopic (exact) mass is 393 g/mol. The van der Waals surface area contributed by atoms with Crippen molar-refractivity contribution in [2.45, 2.75) is 18.6 Å². The molecular weight excluding hydrogens is 375 g/mol. The Kier molecular flexibility index (Phi) is 5.43. The van der Waals surface area contributed by atoms with E-state index in [1.807, 2.05) is 0 Å². The molecule has 0 radical (unpaired) electrons. The molecule has 148 valence electrons. The van der Waals surface area contributed by atoms with Crippen LogP contribution in [0.4, 0.5) is 29.3 Å². The lowest BCUT2D eigenvalue weighted by Gasteiger charge is -2.18. The zero-order valence-electron chi connectivity index (χ0n) is 14.9. The summed E-state index contributed by atoms with van der Waals surface area (Å²) in [6.45, 7) is 0.284. The van der Waals surface area contributed by atoms with Crippen LogP contribution in [0.15, 0.2) is 48.5 Å².